The lowest BCUT2D eigenvalue weighted by molar-refractivity contribution is -0.167. The lowest BCUT2D eigenvalue weighted by Crippen LogP contribution is -2.30. The molecule has 1 unspecified atom stereocenters. The lowest BCUT2D eigenvalue weighted by atomic mass is 10.0. The van der Waals surface area contributed by atoms with Gasteiger partial charge in [-0.15, -0.1) is 0 Å². The van der Waals surface area contributed by atoms with Crippen LogP contribution in [0.15, 0.2) is 146 Å². The predicted molar refractivity (Wildman–Crippen MR) is 343 cm³/mol. The number of esters is 3. The summed E-state index contributed by atoms with van der Waals surface area (Å²) < 4.78 is 16.9. The van der Waals surface area contributed by atoms with E-state index in [1.165, 1.54) is 83.5 Å². The Balaban J connectivity index is 4.46. The van der Waals surface area contributed by atoms with Crippen LogP contribution in [-0.4, -0.2) is 37.2 Å². The van der Waals surface area contributed by atoms with Gasteiger partial charge in [0.25, 0.3) is 0 Å². The molecule has 0 amide bonds. The summed E-state index contributed by atoms with van der Waals surface area (Å²) in [5.41, 5.74) is 0. The molecule has 0 aromatic carbocycles. The molecule has 0 aliphatic carbocycles. The van der Waals surface area contributed by atoms with E-state index >= 15 is 0 Å². The summed E-state index contributed by atoms with van der Waals surface area (Å²) in [6, 6.07) is 0. The summed E-state index contributed by atoms with van der Waals surface area (Å²) in [6.45, 7) is 6.38. The summed E-state index contributed by atoms with van der Waals surface area (Å²) in [6.07, 6.45) is 94.2. The standard InChI is InChI=1S/C73H118O6/c1-4-7-10-13-16-19-22-25-27-29-31-33-35-36-38-39-41-43-45-48-51-54-57-60-63-66-72(75)78-69-70(68-77-71(74)65-62-59-56-53-50-47-24-21-18-15-12-9-6-3)79-73(76)67-64-61-58-55-52-49-46-44-42-40-37-34-32-30-28-26-23-20-17-14-11-8-5-2/h7-8,10-11,16-17,19-20,25-28,31-34,36,38,40-43,48,51,70H,4-6,9,12-15,18,21-24,29-30,35,37,39,44-47,49-50,52-69H2,1-3H3/b10-7-,11-8-,19-16-,20-17-,27-25-,28-26-,33-31-,34-32-,38-36-,42-40-,43-41-,51-48-. The van der Waals surface area contributed by atoms with E-state index in [0.29, 0.717) is 19.3 Å². The summed E-state index contributed by atoms with van der Waals surface area (Å²) in [5, 5.41) is 0. The quantitative estimate of drug-likeness (QED) is 0.0261. The van der Waals surface area contributed by atoms with Gasteiger partial charge in [-0.2, -0.15) is 0 Å². The highest BCUT2D eigenvalue weighted by atomic mass is 16.6. The van der Waals surface area contributed by atoms with Crippen LogP contribution in [0.5, 0.6) is 0 Å². The molecule has 0 fully saturated rings. The summed E-state index contributed by atoms with van der Waals surface area (Å²) >= 11 is 0. The second kappa shape index (κ2) is 65.8. The minimum absolute atomic E-state index is 0.0964. The molecule has 0 saturated carbocycles. The number of rotatable bonds is 57. The summed E-state index contributed by atoms with van der Waals surface area (Å²) in [7, 11) is 0. The van der Waals surface area contributed by atoms with Crippen LogP contribution < -0.4 is 0 Å². The Hall–Kier alpha value is -4.71. The highest BCUT2D eigenvalue weighted by Gasteiger charge is 2.19. The van der Waals surface area contributed by atoms with Gasteiger partial charge in [0.05, 0.1) is 0 Å². The van der Waals surface area contributed by atoms with Gasteiger partial charge in [-0.25, -0.2) is 0 Å². The molecule has 79 heavy (non-hydrogen) atoms. The first-order valence-electron chi connectivity index (χ1n) is 32.3. The first-order chi connectivity index (χ1) is 39.0. The van der Waals surface area contributed by atoms with Gasteiger partial charge in [-0.05, 0) is 122 Å². The van der Waals surface area contributed by atoms with Gasteiger partial charge in [0, 0.05) is 19.3 Å². The minimum Gasteiger partial charge on any atom is -0.462 e. The molecule has 0 aliphatic rings. The van der Waals surface area contributed by atoms with E-state index in [2.05, 4.69) is 167 Å². The smallest absolute Gasteiger partial charge is 0.306 e. The van der Waals surface area contributed by atoms with Gasteiger partial charge < -0.3 is 14.2 Å². The number of hydrogen-bond acceptors (Lipinski definition) is 6. The number of unbranched alkanes of at least 4 members (excludes halogenated alkanes) is 22. The second-order valence-corrected chi connectivity index (χ2v) is 20.9. The van der Waals surface area contributed by atoms with Crippen molar-refractivity contribution in [1.29, 1.82) is 0 Å². The molecule has 6 nitrogen and oxygen atoms in total. The number of hydrogen-bond donors (Lipinski definition) is 0. The van der Waals surface area contributed by atoms with Crippen molar-refractivity contribution in [1.82, 2.24) is 0 Å². The zero-order chi connectivity index (χ0) is 57.1. The van der Waals surface area contributed by atoms with E-state index in [0.717, 1.165) is 154 Å². The van der Waals surface area contributed by atoms with Crippen LogP contribution >= 0.6 is 0 Å². The lowest BCUT2D eigenvalue weighted by Gasteiger charge is -2.18. The maximum absolute atomic E-state index is 12.9. The number of allylic oxidation sites excluding steroid dienone is 24. The van der Waals surface area contributed by atoms with Crippen LogP contribution in [0.2, 0.25) is 0 Å². The predicted octanol–water partition coefficient (Wildman–Crippen LogP) is 22.3. The maximum atomic E-state index is 12.9. The van der Waals surface area contributed by atoms with E-state index in [9.17, 15) is 14.4 Å². The molecule has 446 valence electrons. The number of carbonyl (C=O) groups excluding carboxylic acids is 3. The Bertz CT molecular complexity index is 1730. The molecule has 0 N–H and O–H groups in total. The molecule has 0 heterocycles. The Kier molecular flexibility index (Phi) is 61.9. The molecule has 0 saturated heterocycles. The van der Waals surface area contributed by atoms with Gasteiger partial charge in [0.15, 0.2) is 6.10 Å². The molecule has 0 aliphatic heterocycles. The largest absolute Gasteiger partial charge is 0.462 e. The average molecular weight is 1090 g/mol. The summed E-state index contributed by atoms with van der Waals surface area (Å²) in [5.74, 6) is -0.940. The van der Waals surface area contributed by atoms with Crippen molar-refractivity contribution in [2.75, 3.05) is 13.2 Å². The topological polar surface area (TPSA) is 78.9 Å². The number of carbonyl (C=O) groups is 3. The number of ether oxygens (including phenoxy) is 3. The fraction of sp³-hybridized carbons (Fsp3) is 0.630. The van der Waals surface area contributed by atoms with E-state index < -0.39 is 6.10 Å². The average Bonchev–Trinajstić information content (AvgIpc) is 3.45. The maximum Gasteiger partial charge on any atom is 0.306 e. The van der Waals surface area contributed by atoms with Gasteiger partial charge >= 0.3 is 17.9 Å². The highest BCUT2D eigenvalue weighted by Crippen LogP contribution is 2.15. The van der Waals surface area contributed by atoms with E-state index in [1.54, 1.807) is 0 Å². The normalized spacial score (nSPS) is 13.1. The zero-order valence-corrected chi connectivity index (χ0v) is 51.1. The molecule has 0 aromatic heterocycles. The molecular formula is C73H118O6. The van der Waals surface area contributed by atoms with Crippen molar-refractivity contribution in [3.8, 4) is 0 Å². The molecule has 1 atom stereocenters. The third kappa shape index (κ3) is 64.0. The Morgan fingerprint density at radius 3 is 0.785 bits per heavy atom. The molecule has 0 bridgehead atoms. The Labute approximate surface area is 487 Å². The van der Waals surface area contributed by atoms with Crippen LogP contribution in [0.4, 0.5) is 0 Å². The van der Waals surface area contributed by atoms with Crippen molar-refractivity contribution in [3.05, 3.63) is 146 Å². The Morgan fingerprint density at radius 1 is 0.266 bits per heavy atom. The SMILES string of the molecule is CC/C=C\C/C=C\C/C=C\C/C=C\C/C=C\C/C=C\C/C=C\CCCCCC(=O)OCC(COC(=O)CCCCCCCCCCCCCCC)OC(=O)CCCCCCCCC/C=C\C/C=C\C/C=C\C/C=C\C/C=C\CC. The molecule has 6 heteroatoms. The third-order valence-electron chi connectivity index (χ3n) is 13.3. The van der Waals surface area contributed by atoms with Crippen LogP contribution in [0.25, 0.3) is 0 Å². The van der Waals surface area contributed by atoms with Crippen LogP contribution in [0.3, 0.4) is 0 Å². The van der Waals surface area contributed by atoms with Crippen LogP contribution in [0, 0.1) is 0 Å². The Morgan fingerprint density at radius 2 is 0.494 bits per heavy atom. The second-order valence-electron chi connectivity index (χ2n) is 20.9. The zero-order valence-electron chi connectivity index (χ0n) is 51.1. The molecule has 0 spiro atoms. The van der Waals surface area contributed by atoms with Gasteiger partial charge in [-0.1, -0.05) is 282 Å². The fourth-order valence-electron chi connectivity index (χ4n) is 8.57. The first kappa shape index (κ1) is 74.3. The van der Waals surface area contributed by atoms with Crippen molar-refractivity contribution >= 4 is 17.9 Å². The van der Waals surface area contributed by atoms with E-state index in [-0.39, 0.29) is 31.1 Å². The molecule has 0 aromatic rings. The summed E-state index contributed by atoms with van der Waals surface area (Å²) in [4.78, 5) is 38.3. The van der Waals surface area contributed by atoms with Gasteiger partial charge in [0.2, 0.25) is 0 Å². The first-order valence-corrected chi connectivity index (χ1v) is 32.3. The molecular weight excluding hydrogens is 973 g/mol. The van der Waals surface area contributed by atoms with Crippen molar-refractivity contribution in [3.63, 3.8) is 0 Å². The third-order valence-corrected chi connectivity index (χ3v) is 13.3. The van der Waals surface area contributed by atoms with Gasteiger partial charge in [-0.3, -0.25) is 14.4 Å². The van der Waals surface area contributed by atoms with Crippen molar-refractivity contribution in [2.45, 2.75) is 284 Å². The molecule has 0 radical (unpaired) electrons. The van der Waals surface area contributed by atoms with E-state index in [4.69, 9.17) is 14.2 Å². The van der Waals surface area contributed by atoms with E-state index in [1.807, 2.05) is 0 Å². The fourth-order valence-corrected chi connectivity index (χ4v) is 8.57. The van der Waals surface area contributed by atoms with Crippen molar-refractivity contribution in [2.24, 2.45) is 0 Å². The monoisotopic (exact) mass is 1090 g/mol. The highest BCUT2D eigenvalue weighted by molar-refractivity contribution is 5.71. The van der Waals surface area contributed by atoms with Crippen LogP contribution in [0.1, 0.15) is 278 Å². The molecule has 0 rings (SSSR count). The van der Waals surface area contributed by atoms with Gasteiger partial charge in [0.1, 0.15) is 13.2 Å². The minimum atomic E-state index is -0.804. The van der Waals surface area contributed by atoms with Crippen molar-refractivity contribution < 1.29 is 28.6 Å². The van der Waals surface area contributed by atoms with Crippen LogP contribution in [-0.2, 0) is 28.6 Å².